The molecule has 1 rings (SSSR count). The summed E-state index contributed by atoms with van der Waals surface area (Å²) in [6.45, 7) is 12.1. The summed E-state index contributed by atoms with van der Waals surface area (Å²) >= 11 is 0. The van der Waals surface area contributed by atoms with Crippen LogP contribution in [0.2, 0.25) is 0 Å². The fourth-order valence-electron chi connectivity index (χ4n) is 3.09. The van der Waals surface area contributed by atoms with E-state index in [9.17, 15) is 4.79 Å². The average molecular weight is 255 g/mol. The van der Waals surface area contributed by atoms with Gasteiger partial charge in [-0.1, -0.05) is 27.2 Å². The zero-order chi connectivity index (χ0) is 14.1. The minimum absolute atomic E-state index is 0.222. The minimum Gasteiger partial charge on any atom is -0.459 e. The summed E-state index contributed by atoms with van der Waals surface area (Å²) in [6.07, 6.45) is 2.92. The van der Waals surface area contributed by atoms with E-state index in [1.807, 2.05) is 20.8 Å². The summed E-state index contributed by atoms with van der Waals surface area (Å²) in [5.41, 5.74) is 5.20. The van der Waals surface area contributed by atoms with Gasteiger partial charge in [-0.2, -0.15) is 0 Å². The number of hydrogen-bond acceptors (Lipinski definition) is 3. The molecule has 3 heteroatoms. The summed E-state index contributed by atoms with van der Waals surface area (Å²) < 4.78 is 5.54. The molecule has 0 aromatic heterocycles. The average Bonchev–Trinajstić information content (AvgIpc) is 2.13. The van der Waals surface area contributed by atoms with Crippen LogP contribution in [0.1, 0.15) is 60.8 Å². The SMILES string of the molecule is CC(C)[C@H]1CC[C@@H](C)C[C@]1(N)C(=O)OC(C)(C)C. The highest BCUT2D eigenvalue weighted by molar-refractivity contribution is 5.81. The lowest BCUT2D eigenvalue weighted by atomic mass is 9.65. The van der Waals surface area contributed by atoms with Crippen molar-refractivity contribution in [2.24, 2.45) is 23.5 Å². The second-order valence-corrected chi connectivity index (χ2v) is 7.28. The molecule has 0 spiro atoms. The molecule has 1 fully saturated rings. The van der Waals surface area contributed by atoms with Crippen LogP contribution in [0, 0.1) is 17.8 Å². The van der Waals surface area contributed by atoms with Gasteiger partial charge < -0.3 is 10.5 Å². The normalized spacial score (nSPS) is 33.6. The summed E-state index contributed by atoms with van der Waals surface area (Å²) in [7, 11) is 0. The lowest BCUT2D eigenvalue weighted by Crippen LogP contribution is -2.60. The van der Waals surface area contributed by atoms with Gasteiger partial charge in [-0.3, -0.25) is 4.79 Å². The predicted octanol–water partition coefficient (Wildman–Crippen LogP) is 3.12. The maximum absolute atomic E-state index is 12.4. The van der Waals surface area contributed by atoms with Crippen LogP contribution in [0.3, 0.4) is 0 Å². The molecule has 1 aliphatic carbocycles. The van der Waals surface area contributed by atoms with Gasteiger partial charge in [0.15, 0.2) is 0 Å². The van der Waals surface area contributed by atoms with Gasteiger partial charge >= 0.3 is 5.97 Å². The lowest BCUT2D eigenvalue weighted by Gasteiger charge is -2.44. The molecule has 1 saturated carbocycles. The number of carbonyl (C=O) groups excluding carboxylic acids is 1. The smallest absolute Gasteiger partial charge is 0.326 e. The molecule has 3 atom stereocenters. The summed E-state index contributed by atoms with van der Waals surface area (Å²) in [4.78, 5) is 12.4. The second-order valence-electron chi connectivity index (χ2n) is 7.28. The number of rotatable bonds is 2. The first-order valence-corrected chi connectivity index (χ1v) is 7.08. The zero-order valence-corrected chi connectivity index (χ0v) is 12.7. The Morgan fingerprint density at radius 2 is 1.89 bits per heavy atom. The summed E-state index contributed by atoms with van der Waals surface area (Å²) in [5, 5.41) is 0. The molecule has 0 aromatic rings. The van der Waals surface area contributed by atoms with Crippen LogP contribution in [0.25, 0.3) is 0 Å². The Balaban J connectivity index is 2.93. The maximum atomic E-state index is 12.4. The van der Waals surface area contributed by atoms with Gasteiger partial charge in [0.25, 0.3) is 0 Å². The van der Waals surface area contributed by atoms with Crippen molar-refractivity contribution in [3.63, 3.8) is 0 Å². The highest BCUT2D eigenvalue weighted by atomic mass is 16.6. The van der Waals surface area contributed by atoms with Crippen LogP contribution >= 0.6 is 0 Å². The van der Waals surface area contributed by atoms with Crippen molar-refractivity contribution in [2.75, 3.05) is 0 Å². The molecule has 0 amide bonds. The van der Waals surface area contributed by atoms with E-state index in [2.05, 4.69) is 20.8 Å². The number of esters is 1. The number of hydrogen-bond donors (Lipinski definition) is 1. The van der Waals surface area contributed by atoms with E-state index in [0.29, 0.717) is 11.8 Å². The summed E-state index contributed by atoms with van der Waals surface area (Å²) in [5.74, 6) is 0.913. The molecule has 18 heavy (non-hydrogen) atoms. The van der Waals surface area contributed by atoms with Crippen LogP contribution in [-0.2, 0) is 9.53 Å². The largest absolute Gasteiger partial charge is 0.459 e. The van der Waals surface area contributed by atoms with Crippen molar-refractivity contribution < 1.29 is 9.53 Å². The molecular formula is C15H29NO2. The van der Waals surface area contributed by atoms with Crippen molar-refractivity contribution in [1.82, 2.24) is 0 Å². The van der Waals surface area contributed by atoms with Gasteiger partial charge in [-0.15, -0.1) is 0 Å². The van der Waals surface area contributed by atoms with E-state index in [0.717, 1.165) is 19.3 Å². The molecule has 0 bridgehead atoms. The van der Waals surface area contributed by atoms with E-state index in [-0.39, 0.29) is 11.9 Å². The summed E-state index contributed by atoms with van der Waals surface area (Å²) in [6, 6.07) is 0. The third kappa shape index (κ3) is 3.47. The van der Waals surface area contributed by atoms with E-state index >= 15 is 0 Å². The fraction of sp³-hybridized carbons (Fsp3) is 0.933. The van der Waals surface area contributed by atoms with E-state index < -0.39 is 11.1 Å². The van der Waals surface area contributed by atoms with Crippen molar-refractivity contribution >= 4 is 5.97 Å². The maximum Gasteiger partial charge on any atom is 0.326 e. The molecule has 106 valence electrons. The molecule has 0 aliphatic heterocycles. The van der Waals surface area contributed by atoms with Gasteiger partial charge in [-0.25, -0.2) is 0 Å². The molecule has 0 saturated heterocycles. The molecule has 2 N–H and O–H groups in total. The van der Waals surface area contributed by atoms with Gasteiger partial charge in [0.05, 0.1) is 0 Å². The van der Waals surface area contributed by atoms with Crippen LogP contribution < -0.4 is 5.73 Å². The van der Waals surface area contributed by atoms with Gasteiger partial charge in [0, 0.05) is 0 Å². The molecule has 1 aliphatic rings. The highest BCUT2D eigenvalue weighted by Gasteiger charge is 2.48. The number of ether oxygens (including phenoxy) is 1. The van der Waals surface area contributed by atoms with E-state index in [4.69, 9.17) is 10.5 Å². The number of nitrogens with two attached hydrogens (primary N) is 1. The van der Waals surface area contributed by atoms with Gasteiger partial charge in [-0.05, 0) is 51.4 Å². The van der Waals surface area contributed by atoms with Crippen molar-refractivity contribution in [3.8, 4) is 0 Å². The lowest BCUT2D eigenvalue weighted by molar-refractivity contribution is -0.167. The highest BCUT2D eigenvalue weighted by Crippen LogP contribution is 2.40. The molecule has 0 radical (unpaired) electrons. The first-order valence-electron chi connectivity index (χ1n) is 7.08. The predicted molar refractivity (Wildman–Crippen MR) is 74.1 cm³/mol. The Hall–Kier alpha value is -0.570. The Labute approximate surface area is 111 Å². The molecule has 0 heterocycles. The molecule has 0 unspecified atom stereocenters. The standard InChI is InChI=1S/C15H29NO2/c1-10(2)12-8-7-11(3)9-15(12,16)13(17)18-14(4,5)6/h10-12H,7-9,16H2,1-6H3/t11-,12-,15-/m1/s1. The fourth-order valence-corrected chi connectivity index (χ4v) is 3.09. The molecule has 3 nitrogen and oxygen atoms in total. The Morgan fingerprint density at radius 3 is 2.33 bits per heavy atom. The van der Waals surface area contributed by atoms with Crippen LogP contribution in [0.15, 0.2) is 0 Å². The Bertz CT molecular complexity index is 306. The van der Waals surface area contributed by atoms with Crippen LogP contribution in [-0.4, -0.2) is 17.1 Å². The number of carbonyl (C=O) groups is 1. The Kier molecular flexibility index (Phi) is 4.47. The van der Waals surface area contributed by atoms with Crippen LogP contribution in [0.4, 0.5) is 0 Å². The third-order valence-corrected chi connectivity index (χ3v) is 3.90. The third-order valence-electron chi connectivity index (χ3n) is 3.90. The van der Waals surface area contributed by atoms with Crippen molar-refractivity contribution in [1.29, 1.82) is 0 Å². The van der Waals surface area contributed by atoms with Gasteiger partial charge in [0.1, 0.15) is 11.1 Å². The van der Waals surface area contributed by atoms with E-state index in [1.165, 1.54) is 0 Å². The molecular weight excluding hydrogens is 226 g/mol. The monoisotopic (exact) mass is 255 g/mol. The first kappa shape index (κ1) is 15.5. The topological polar surface area (TPSA) is 52.3 Å². The first-order chi connectivity index (χ1) is 8.06. The van der Waals surface area contributed by atoms with E-state index in [1.54, 1.807) is 0 Å². The van der Waals surface area contributed by atoms with Gasteiger partial charge in [0.2, 0.25) is 0 Å². The zero-order valence-electron chi connectivity index (χ0n) is 12.7. The minimum atomic E-state index is -0.806. The second kappa shape index (κ2) is 5.20. The van der Waals surface area contributed by atoms with Crippen LogP contribution in [0.5, 0.6) is 0 Å². The Morgan fingerprint density at radius 1 is 1.33 bits per heavy atom. The molecule has 0 aromatic carbocycles. The van der Waals surface area contributed by atoms with Crippen molar-refractivity contribution in [3.05, 3.63) is 0 Å². The van der Waals surface area contributed by atoms with Crippen molar-refractivity contribution in [2.45, 2.75) is 71.9 Å². The quantitative estimate of drug-likeness (QED) is 0.771.